The molecule has 4 aliphatic heterocycles. The molecule has 1 aromatic carbocycles. The second-order valence-corrected chi connectivity index (χ2v) is 31.3. The van der Waals surface area contributed by atoms with Gasteiger partial charge in [0.1, 0.15) is 72.5 Å². The maximum Gasteiger partial charge on any atom is 0.246 e. The summed E-state index contributed by atoms with van der Waals surface area (Å²) in [6.07, 6.45) is 0.00973. The van der Waals surface area contributed by atoms with E-state index < -0.39 is 222 Å². The molecular formula is C76H127N37O15. The van der Waals surface area contributed by atoms with Crippen LogP contribution in [-0.2, 0) is 78.3 Å². The number of hydrogen-bond donors (Lipinski definition) is 34. The highest BCUT2D eigenvalue weighted by atomic mass is 16.2. The van der Waals surface area contributed by atoms with Crippen molar-refractivity contribution in [2.75, 3.05) is 78.5 Å². The number of carbonyl (C=O) groups is 15. The van der Waals surface area contributed by atoms with Crippen molar-refractivity contribution in [3.63, 3.8) is 0 Å². The van der Waals surface area contributed by atoms with Gasteiger partial charge in [-0.3, -0.25) is 110 Å². The average Bonchev–Trinajstić information content (AvgIpc) is 1.64. The Balaban J connectivity index is 1.45. The number of rotatable bonds is 32. The Morgan fingerprint density at radius 1 is 0.344 bits per heavy atom. The second-order valence-electron chi connectivity index (χ2n) is 31.3. The largest absolute Gasteiger partial charge is 0.370 e. The lowest BCUT2D eigenvalue weighted by atomic mass is 10.0. The highest BCUT2D eigenvalue weighted by molar-refractivity contribution is 6.02. The van der Waals surface area contributed by atoms with E-state index in [-0.39, 0.29) is 200 Å². The monoisotopic (exact) mass is 1800 g/mol. The van der Waals surface area contributed by atoms with Crippen LogP contribution in [0, 0.1) is 37.9 Å². The Bertz CT molecular complexity index is 4320. The van der Waals surface area contributed by atoms with Crippen molar-refractivity contribution in [1.82, 2.24) is 115 Å². The van der Waals surface area contributed by atoms with Gasteiger partial charge < -0.3 is 161 Å². The molecule has 0 aliphatic carbocycles. The molecular weight excluding hydrogens is 1670 g/mol. The van der Waals surface area contributed by atoms with Crippen LogP contribution in [-0.4, -0.2) is 301 Å². The van der Waals surface area contributed by atoms with Gasteiger partial charge in [0, 0.05) is 89.0 Å². The summed E-state index contributed by atoms with van der Waals surface area (Å²) in [5.41, 5.74) is 45.9. The van der Waals surface area contributed by atoms with Gasteiger partial charge in [-0.05, 0) is 140 Å². The minimum Gasteiger partial charge on any atom is -0.370 e. The SMILES string of the molecule is N=C(N)NCCC[C@@H]1NC(=O)CNC(=O)[C@@H](CCCNC(=N)N)NC(=O)[C@@H]2CCCN2C(=O)CNC(=O)[C@H](CCCNC(=N)N)NC(=O)[C@H](CCCNC(=N)N)NC(=O)[C@H](CCCNC(=N)N)NC(=O)[C@H](Cc2c[nH]c3ccccc23)NC(=O)[C@H]2CCCN2C(=O)[C@@H]2CCCN2C(=O)[C@H](CCCNC(=N)N)NC(=O)[C@H](CCCNC(=N)N)NC(=O)[C@H](CC(N)=O)NC1=O. The number of carbonyl (C=O) groups excluding carboxylic acids is 15. The number of amides is 15. The highest BCUT2D eigenvalue weighted by Crippen LogP contribution is 2.28. The van der Waals surface area contributed by atoms with E-state index in [9.17, 15) is 47.9 Å². The molecule has 12 atom stereocenters. The van der Waals surface area contributed by atoms with Crippen LogP contribution < -0.4 is 142 Å². The van der Waals surface area contributed by atoms with Crippen LogP contribution in [0.1, 0.15) is 140 Å². The summed E-state index contributed by atoms with van der Waals surface area (Å²) in [4.78, 5) is 227. The summed E-state index contributed by atoms with van der Waals surface area (Å²) in [7, 11) is 0. The first-order chi connectivity index (χ1) is 60.9. The van der Waals surface area contributed by atoms with Crippen molar-refractivity contribution >= 4 is 141 Å². The van der Waals surface area contributed by atoms with E-state index in [1.807, 2.05) is 0 Å². The molecule has 1 aromatic heterocycles. The van der Waals surface area contributed by atoms with Crippen LogP contribution in [0.4, 0.5) is 0 Å². The van der Waals surface area contributed by atoms with Crippen LogP contribution in [0.15, 0.2) is 30.5 Å². The third kappa shape index (κ3) is 34.7. The molecule has 42 N–H and O–H groups in total. The number of nitrogens with two attached hydrogens (primary N) is 8. The number of aromatic nitrogens is 1. The fourth-order valence-corrected chi connectivity index (χ4v) is 15.1. The fraction of sp³-hybridized carbons (Fsp3) is 0.605. The highest BCUT2D eigenvalue weighted by Gasteiger charge is 2.46. The van der Waals surface area contributed by atoms with Gasteiger partial charge in [-0.15, -0.1) is 0 Å². The number of primary amides is 1. The van der Waals surface area contributed by atoms with Gasteiger partial charge in [0.05, 0.1) is 19.5 Å². The normalized spacial score (nSPS) is 23.3. The Labute approximate surface area is 737 Å². The van der Waals surface area contributed by atoms with E-state index in [0.717, 1.165) is 4.90 Å². The molecule has 706 valence electrons. The van der Waals surface area contributed by atoms with Crippen LogP contribution >= 0.6 is 0 Å². The Morgan fingerprint density at radius 2 is 0.648 bits per heavy atom. The number of para-hydroxylation sites is 1. The molecule has 0 radical (unpaired) electrons. The molecule has 15 amide bonds. The molecule has 52 nitrogen and oxygen atoms in total. The Morgan fingerprint density at radius 3 is 1.05 bits per heavy atom. The number of guanidine groups is 7. The zero-order chi connectivity index (χ0) is 94.1. The lowest BCUT2D eigenvalue weighted by Crippen LogP contribution is -2.61. The first-order valence-corrected chi connectivity index (χ1v) is 42.5. The fourth-order valence-electron chi connectivity index (χ4n) is 15.1. The third-order valence-electron chi connectivity index (χ3n) is 21.5. The van der Waals surface area contributed by atoms with Gasteiger partial charge >= 0.3 is 0 Å². The van der Waals surface area contributed by atoms with E-state index in [1.54, 1.807) is 30.5 Å². The third-order valence-corrected chi connectivity index (χ3v) is 21.5. The molecule has 0 unspecified atom stereocenters. The number of H-pyrrole nitrogens is 1. The average molecular weight is 1800 g/mol. The molecule has 6 rings (SSSR count). The van der Waals surface area contributed by atoms with Crippen LogP contribution in [0.2, 0.25) is 0 Å². The van der Waals surface area contributed by atoms with Crippen LogP contribution in [0.25, 0.3) is 10.9 Å². The lowest BCUT2D eigenvalue weighted by molar-refractivity contribution is -0.148. The molecule has 4 fully saturated rings. The minimum absolute atomic E-state index is 0.0000517. The zero-order valence-electron chi connectivity index (χ0n) is 71.4. The Kier molecular flexibility index (Phi) is 42.0. The van der Waals surface area contributed by atoms with Gasteiger partial charge in [-0.2, -0.15) is 0 Å². The number of fused-ring (bicyclic) bond motifs is 4. The summed E-state index contributed by atoms with van der Waals surface area (Å²) in [6.45, 7) is -1.89. The predicted octanol–water partition coefficient (Wildman–Crippen LogP) is -11.0. The predicted molar refractivity (Wildman–Crippen MR) is 467 cm³/mol. The zero-order valence-corrected chi connectivity index (χ0v) is 71.4. The molecule has 0 bridgehead atoms. The first kappa shape index (κ1) is 102. The van der Waals surface area contributed by atoms with Crippen molar-refractivity contribution in [3.05, 3.63) is 36.0 Å². The van der Waals surface area contributed by atoms with E-state index in [0.29, 0.717) is 16.5 Å². The van der Waals surface area contributed by atoms with Crippen molar-refractivity contribution in [2.24, 2.45) is 45.9 Å². The number of nitrogens with zero attached hydrogens (tertiary/aromatic N) is 3. The number of nitrogens with one attached hydrogen (secondary N) is 26. The standard InChI is InChI=1S/C76H127N37O15/c77-55(114)36-51-65(124)106-48(20-8-30-97-75(88)89)63(122)108-49(21-9-31-98-76(90)91)68(127)113-34-12-24-54(113)69(128)112-33-11-23-53(112)67(126)110-50(35-40-37-99-42-14-2-1-13-41(40)42)64(123)105-47(19-7-29-96-74(86)87)62(121)104-46(18-6-28-95-73(84)85)61(120)103-43(15-3-25-92-70(78)79)59(118)101-39-57(116)111-32-10-22-52(111)66(125)107-44(16-4-26-93-71(80)81)58(117)100-38-56(115)102-45(60(119)109-51)17-5-27-94-72(82)83/h1-2,13-14,37,43-54,99H,3-12,15-36,38-39H2,(H2,77,114)(H,100,117)(H,101,118)(H,102,115)(H,103,120)(H,104,121)(H,105,123)(H,106,124)(H,107,125)(H,108,122)(H,109,119)(H,110,126)(H4,78,79,92)(H4,80,81,93)(H4,82,83,94)(H4,84,85,95)(H4,86,87,96)(H4,88,89,97)(H4,90,91,98)/t43-,44+,45-,46-,47-,48-,49-,50-,51-,52-,53+,54-/m0/s1. The lowest BCUT2D eigenvalue weighted by Gasteiger charge is -2.34. The first-order valence-electron chi connectivity index (χ1n) is 42.5. The molecule has 4 saturated heterocycles. The number of aromatic amines is 1. The van der Waals surface area contributed by atoms with Crippen molar-refractivity contribution in [1.29, 1.82) is 37.9 Å². The van der Waals surface area contributed by atoms with Crippen molar-refractivity contribution < 1.29 is 71.9 Å². The minimum atomic E-state index is -1.91. The molecule has 5 heterocycles. The van der Waals surface area contributed by atoms with E-state index in [4.69, 9.17) is 83.7 Å². The topological polar surface area (TPSA) is 873 Å². The van der Waals surface area contributed by atoms with Crippen LogP contribution in [0.5, 0.6) is 0 Å². The molecule has 0 spiro atoms. The van der Waals surface area contributed by atoms with Gasteiger partial charge in [0.2, 0.25) is 88.6 Å². The van der Waals surface area contributed by atoms with Crippen LogP contribution in [0.3, 0.4) is 0 Å². The van der Waals surface area contributed by atoms with E-state index in [1.165, 1.54) is 9.80 Å². The maximum atomic E-state index is 15.4. The van der Waals surface area contributed by atoms with Gasteiger partial charge in [0.25, 0.3) is 0 Å². The molecule has 4 aliphatic rings. The summed E-state index contributed by atoms with van der Waals surface area (Å²) in [6, 6.07) is -11.1. The molecule has 52 heteroatoms. The van der Waals surface area contributed by atoms with Crippen molar-refractivity contribution in [3.8, 4) is 0 Å². The summed E-state index contributed by atoms with van der Waals surface area (Å²) in [5, 5.41) is 102. The van der Waals surface area contributed by atoms with Gasteiger partial charge in [0.15, 0.2) is 41.7 Å². The second kappa shape index (κ2) is 52.5. The van der Waals surface area contributed by atoms with Gasteiger partial charge in [-0.25, -0.2) is 0 Å². The molecule has 2 aromatic rings. The Hall–Kier alpha value is -14.3. The summed E-state index contributed by atoms with van der Waals surface area (Å²) in [5.74, 6) is -17.3. The van der Waals surface area contributed by atoms with Crippen molar-refractivity contribution in [2.45, 2.75) is 214 Å². The summed E-state index contributed by atoms with van der Waals surface area (Å²) < 4.78 is 0. The van der Waals surface area contributed by atoms with Gasteiger partial charge in [-0.1, -0.05) is 18.2 Å². The maximum absolute atomic E-state index is 15.4. The smallest absolute Gasteiger partial charge is 0.246 e. The number of benzene rings is 1. The molecule has 0 saturated carbocycles. The quantitative estimate of drug-likeness (QED) is 0.0184. The molecule has 128 heavy (non-hydrogen) atoms. The summed E-state index contributed by atoms with van der Waals surface area (Å²) >= 11 is 0. The number of hydrogen-bond acceptors (Lipinski definition) is 22. The van der Waals surface area contributed by atoms with E-state index in [2.05, 4.69) is 101 Å². The van der Waals surface area contributed by atoms with E-state index >= 15 is 24.0 Å².